The van der Waals surface area contributed by atoms with Gasteiger partial charge in [0, 0.05) is 43.2 Å². The van der Waals surface area contributed by atoms with Crippen LogP contribution in [0.15, 0.2) is 24.3 Å². The van der Waals surface area contributed by atoms with Crippen LogP contribution in [-0.4, -0.2) is 55.3 Å². The summed E-state index contributed by atoms with van der Waals surface area (Å²) in [5.74, 6) is 2.93. The Morgan fingerprint density at radius 1 is 1.21 bits per heavy atom. The van der Waals surface area contributed by atoms with Crippen molar-refractivity contribution in [2.24, 2.45) is 11.8 Å². The second-order valence-corrected chi connectivity index (χ2v) is 9.39. The Bertz CT molecular complexity index is 1030. The fourth-order valence-electron chi connectivity index (χ4n) is 5.40. The van der Waals surface area contributed by atoms with Gasteiger partial charge in [0.15, 0.2) is 0 Å². The molecule has 2 aromatic heterocycles. The van der Waals surface area contributed by atoms with Gasteiger partial charge in [-0.05, 0) is 43.9 Å². The first-order chi connectivity index (χ1) is 16.0. The second kappa shape index (κ2) is 8.82. The zero-order chi connectivity index (χ0) is 23.1. The van der Waals surface area contributed by atoms with Gasteiger partial charge < -0.3 is 24.6 Å². The van der Waals surface area contributed by atoms with Gasteiger partial charge in [0.25, 0.3) is 0 Å². The van der Waals surface area contributed by atoms with Gasteiger partial charge >= 0.3 is 0 Å². The molecule has 176 valence electrons. The van der Waals surface area contributed by atoms with Gasteiger partial charge in [-0.2, -0.15) is 4.98 Å². The molecular formula is C25H33N5O3. The second-order valence-electron chi connectivity index (χ2n) is 9.39. The molecule has 3 aliphatic rings. The molecule has 0 radical (unpaired) electrons. The van der Waals surface area contributed by atoms with Crippen molar-refractivity contribution >= 4 is 23.2 Å². The lowest BCUT2D eigenvalue weighted by Gasteiger charge is -2.46. The van der Waals surface area contributed by atoms with Crippen molar-refractivity contribution in [3.8, 4) is 5.88 Å². The summed E-state index contributed by atoms with van der Waals surface area (Å²) in [6, 6.07) is 8.23. The molecule has 5 rings (SSSR count). The number of rotatable bonds is 5. The summed E-state index contributed by atoms with van der Waals surface area (Å²) in [6.07, 6.45) is 2.29. The molecule has 0 aromatic carbocycles. The van der Waals surface area contributed by atoms with Crippen LogP contribution in [0.3, 0.4) is 0 Å². The van der Waals surface area contributed by atoms with Crippen LogP contribution in [0.2, 0.25) is 0 Å². The van der Waals surface area contributed by atoms with Gasteiger partial charge in [0.2, 0.25) is 11.8 Å². The number of hydrogen-bond donors (Lipinski definition) is 1. The average Bonchev–Trinajstić information content (AvgIpc) is 3.65. The average molecular weight is 452 g/mol. The Morgan fingerprint density at radius 3 is 2.61 bits per heavy atom. The predicted molar refractivity (Wildman–Crippen MR) is 128 cm³/mol. The van der Waals surface area contributed by atoms with Gasteiger partial charge in [0.1, 0.15) is 17.3 Å². The molecule has 2 aromatic rings. The van der Waals surface area contributed by atoms with Crippen molar-refractivity contribution in [1.82, 2.24) is 9.97 Å². The van der Waals surface area contributed by atoms with Crippen LogP contribution >= 0.6 is 0 Å². The third kappa shape index (κ3) is 4.12. The molecule has 1 aliphatic carbocycles. The molecule has 1 saturated heterocycles. The number of aromatic nitrogens is 2. The highest BCUT2D eigenvalue weighted by Gasteiger charge is 2.49. The third-order valence-electron chi connectivity index (χ3n) is 7.08. The molecule has 4 heterocycles. The minimum atomic E-state index is -0.0211. The van der Waals surface area contributed by atoms with E-state index in [1.807, 2.05) is 30.0 Å². The molecule has 2 fully saturated rings. The van der Waals surface area contributed by atoms with E-state index in [4.69, 9.17) is 19.4 Å². The molecule has 3 atom stereocenters. The van der Waals surface area contributed by atoms with E-state index in [1.165, 1.54) is 0 Å². The molecule has 33 heavy (non-hydrogen) atoms. The maximum atomic E-state index is 13.0. The normalized spacial score (nSPS) is 24.9. The largest absolute Gasteiger partial charge is 0.479 e. The number of fused-ring (bicyclic) bond motifs is 1. The van der Waals surface area contributed by atoms with Crippen LogP contribution in [0.25, 0.3) is 0 Å². The van der Waals surface area contributed by atoms with Crippen LogP contribution in [0, 0.1) is 18.8 Å². The Hall–Kier alpha value is -2.87. The van der Waals surface area contributed by atoms with E-state index in [-0.39, 0.29) is 23.9 Å². The number of hydrogen-bond acceptors (Lipinski definition) is 7. The minimum absolute atomic E-state index is 0.0211. The van der Waals surface area contributed by atoms with E-state index in [0.717, 1.165) is 54.5 Å². The van der Waals surface area contributed by atoms with E-state index >= 15 is 0 Å². The Labute approximate surface area is 195 Å². The summed E-state index contributed by atoms with van der Waals surface area (Å²) in [6.45, 7) is 8.81. The maximum Gasteiger partial charge on any atom is 0.240 e. The number of aryl methyl sites for hydroxylation is 1. The van der Waals surface area contributed by atoms with Crippen LogP contribution in [-0.2, 0) is 9.53 Å². The van der Waals surface area contributed by atoms with E-state index in [2.05, 4.69) is 23.2 Å². The van der Waals surface area contributed by atoms with E-state index in [0.29, 0.717) is 25.0 Å². The summed E-state index contributed by atoms with van der Waals surface area (Å²) in [7, 11) is 1.64. The summed E-state index contributed by atoms with van der Waals surface area (Å²) in [5, 5.41) is 3.71. The number of amides is 1. The number of nitrogens with zero attached hydrogens (tertiary/aromatic N) is 4. The lowest BCUT2D eigenvalue weighted by Crippen LogP contribution is -2.51. The third-order valence-corrected chi connectivity index (χ3v) is 7.08. The smallest absolute Gasteiger partial charge is 0.240 e. The van der Waals surface area contributed by atoms with Gasteiger partial charge in [0.05, 0.1) is 26.4 Å². The predicted octanol–water partition coefficient (Wildman–Crippen LogP) is 3.56. The van der Waals surface area contributed by atoms with Gasteiger partial charge in [-0.15, -0.1) is 0 Å². The highest BCUT2D eigenvalue weighted by molar-refractivity contribution is 5.96. The van der Waals surface area contributed by atoms with E-state index in [1.54, 1.807) is 14.0 Å². The minimum Gasteiger partial charge on any atom is -0.479 e. The molecule has 8 nitrogen and oxygen atoms in total. The molecule has 0 bridgehead atoms. The van der Waals surface area contributed by atoms with Crippen molar-refractivity contribution < 1.29 is 14.3 Å². The van der Waals surface area contributed by atoms with Crippen molar-refractivity contribution in [3.63, 3.8) is 0 Å². The number of morpholine rings is 1. The number of pyridine rings is 2. The number of anilines is 3. The molecule has 1 saturated carbocycles. The van der Waals surface area contributed by atoms with E-state index < -0.39 is 0 Å². The number of carbonyl (C=O) groups excluding carboxylic acids is 1. The molecule has 8 heteroatoms. The van der Waals surface area contributed by atoms with Crippen molar-refractivity contribution in [1.29, 1.82) is 0 Å². The summed E-state index contributed by atoms with van der Waals surface area (Å²) >= 11 is 0. The number of carbonyl (C=O) groups is 1. The quantitative estimate of drug-likeness (QED) is 0.744. The van der Waals surface area contributed by atoms with Gasteiger partial charge in [-0.25, -0.2) is 4.98 Å². The molecule has 2 aliphatic heterocycles. The molecule has 1 N–H and O–H groups in total. The highest BCUT2D eigenvalue weighted by atomic mass is 16.5. The van der Waals surface area contributed by atoms with E-state index in [9.17, 15) is 4.79 Å². The highest BCUT2D eigenvalue weighted by Crippen LogP contribution is 2.52. The lowest BCUT2D eigenvalue weighted by molar-refractivity contribution is -0.117. The first-order valence-electron chi connectivity index (χ1n) is 11.9. The summed E-state index contributed by atoms with van der Waals surface area (Å²) in [5.41, 5.74) is 2.79. The SMILES string of the molecule is COc1nc(N2CCOCC2)cc2c1N(C(C)=O)[C@@H](C1CC1)[C@H](C)[C@H]2Nc1cccc(C)n1. The monoisotopic (exact) mass is 451 g/mol. The van der Waals surface area contributed by atoms with Crippen LogP contribution < -0.4 is 19.9 Å². The van der Waals surface area contributed by atoms with Crippen LogP contribution in [0.5, 0.6) is 5.88 Å². The Morgan fingerprint density at radius 2 is 1.97 bits per heavy atom. The van der Waals surface area contributed by atoms with Gasteiger partial charge in [-0.3, -0.25) is 4.79 Å². The van der Waals surface area contributed by atoms with Crippen LogP contribution in [0.4, 0.5) is 17.3 Å². The van der Waals surface area contributed by atoms with Crippen molar-refractivity contribution in [2.45, 2.75) is 45.7 Å². The number of methoxy groups -OCH3 is 1. The zero-order valence-corrected chi connectivity index (χ0v) is 19.9. The van der Waals surface area contributed by atoms with Crippen molar-refractivity contribution in [3.05, 3.63) is 35.5 Å². The fourth-order valence-corrected chi connectivity index (χ4v) is 5.40. The number of ether oxygens (including phenoxy) is 2. The zero-order valence-electron chi connectivity index (χ0n) is 19.9. The topological polar surface area (TPSA) is 79.8 Å². The first kappa shape index (κ1) is 21.9. The summed E-state index contributed by atoms with van der Waals surface area (Å²) in [4.78, 5) is 26.7. The maximum absolute atomic E-state index is 13.0. The Kier molecular flexibility index (Phi) is 5.86. The molecule has 0 unspecified atom stereocenters. The summed E-state index contributed by atoms with van der Waals surface area (Å²) < 4.78 is 11.4. The number of nitrogens with one attached hydrogen (secondary N) is 1. The molecule has 0 spiro atoms. The molecular weight excluding hydrogens is 418 g/mol. The molecule has 1 amide bonds. The Balaban J connectivity index is 1.65. The van der Waals surface area contributed by atoms with Gasteiger partial charge in [-0.1, -0.05) is 13.0 Å². The van der Waals surface area contributed by atoms with Crippen LogP contribution in [0.1, 0.15) is 44.0 Å². The standard InChI is InChI=1S/C25H33N5O3/c1-15-6-5-7-20(26-15)27-22-16(2)23(18-8-9-18)30(17(3)31)24-19(22)14-21(28-25(24)32-4)29-10-12-33-13-11-29/h5-7,14,16,18,22-23H,8-13H2,1-4H3,(H,26,27)/t16-,22-,23-/m1/s1. The fraction of sp³-hybridized carbons (Fsp3) is 0.560. The first-order valence-corrected chi connectivity index (χ1v) is 11.9. The lowest BCUT2D eigenvalue weighted by atomic mass is 9.80. The van der Waals surface area contributed by atoms with Crippen molar-refractivity contribution in [2.75, 3.05) is 48.5 Å².